The highest BCUT2D eigenvalue weighted by Crippen LogP contribution is 2.26. The molecule has 0 radical (unpaired) electrons. The number of rotatable bonds is 2. The van der Waals surface area contributed by atoms with Crippen LogP contribution in [0.15, 0.2) is 6.20 Å². The molecule has 0 aliphatic rings. The number of alkyl halides is 3. The zero-order valence-corrected chi connectivity index (χ0v) is 6.95. The molecule has 6 heteroatoms. The maximum Gasteiger partial charge on any atom is 0.269 e. The van der Waals surface area contributed by atoms with Crippen molar-refractivity contribution in [3.05, 3.63) is 29.1 Å². The minimum absolute atomic E-state index is 0.369. The fourth-order valence-corrected chi connectivity index (χ4v) is 1.00. The average molecular weight is 214 g/mol. The first-order chi connectivity index (χ1) is 6.07. The Morgan fingerprint density at radius 3 is 2.46 bits per heavy atom. The largest absolute Gasteiger partial charge is 0.269 e. The van der Waals surface area contributed by atoms with Crippen LogP contribution in [-0.4, -0.2) is 4.98 Å². The molecule has 0 aliphatic heterocycles. The van der Waals surface area contributed by atoms with Gasteiger partial charge in [0.1, 0.15) is 0 Å². The number of pyridine rings is 1. The molecule has 0 bridgehead atoms. The monoisotopic (exact) mass is 213 g/mol. The zero-order valence-electron chi connectivity index (χ0n) is 6.20. The van der Waals surface area contributed by atoms with E-state index in [0.717, 1.165) is 0 Å². The summed E-state index contributed by atoms with van der Waals surface area (Å²) >= 11 is 5.19. The van der Waals surface area contributed by atoms with E-state index in [9.17, 15) is 17.6 Å². The molecule has 0 saturated heterocycles. The van der Waals surface area contributed by atoms with Crippen LogP contribution in [0.2, 0.25) is 0 Å². The number of halogens is 5. The van der Waals surface area contributed by atoms with Crippen molar-refractivity contribution < 1.29 is 17.6 Å². The van der Waals surface area contributed by atoms with Crippen LogP contribution in [0.5, 0.6) is 0 Å². The SMILES string of the molecule is Fc1cnc(CCl)c(F)c1C(F)F. The normalized spacial score (nSPS) is 10.9. The molecule has 0 N–H and O–H groups in total. The molecule has 1 aromatic rings. The zero-order chi connectivity index (χ0) is 10.0. The van der Waals surface area contributed by atoms with Crippen molar-refractivity contribution in [2.75, 3.05) is 0 Å². The van der Waals surface area contributed by atoms with Crippen LogP contribution in [0.25, 0.3) is 0 Å². The summed E-state index contributed by atoms with van der Waals surface area (Å²) in [4.78, 5) is 3.22. The molecule has 1 nitrogen and oxygen atoms in total. The van der Waals surface area contributed by atoms with Gasteiger partial charge in [-0.1, -0.05) is 0 Å². The Hall–Kier alpha value is -0.840. The van der Waals surface area contributed by atoms with E-state index in [2.05, 4.69) is 4.98 Å². The molecule has 0 unspecified atom stereocenters. The highest BCUT2D eigenvalue weighted by Gasteiger charge is 2.22. The van der Waals surface area contributed by atoms with Crippen LogP contribution >= 0.6 is 11.6 Å². The summed E-state index contributed by atoms with van der Waals surface area (Å²) in [5, 5.41) is 0. The predicted octanol–water partition coefficient (Wildman–Crippen LogP) is 3.04. The third kappa shape index (κ3) is 1.91. The lowest BCUT2D eigenvalue weighted by Gasteiger charge is -2.05. The van der Waals surface area contributed by atoms with Crippen LogP contribution in [0, 0.1) is 11.6 Å². The molecule has 0 atom stereocenters. The number of hydrogen-bond donors (Lipinski definition) is 0. The van der Waals surface area contributed by atoms with Gasteiger partial charge >= 0.3 is 0 Å². The van der Waals surface area contributed by atoms with Gasteiger partial charge in [0.2, 0.25) is 0 Å². The van der Waals surface area contributed by atoms with Gasteiger partial charge in [0.25, 0.3) is 6.43 Å². The second kappa shape index (κ2) is 3.91. The van der Waals surface area contributed by atoms with Crippen LogP contribution in [0.3, 0.4) is 0 Å². The third-order valence-corrected chi connectivity index (χ3v) is 1.68. The molecule has 13 heavy (non-hydrogen) atoms. The first-order valence-electron chi connectivity index (χ1n) is 3.24. The van der Waals surface area contributed by atoms with E-state index in [1.807, 2.05) is 0 Å². The number of aromatic nitrogens is 1. The standard InChI is InChI=1S/C7H4ClF4N/c8-1-4-6(10)5(7(11)12)3(9)2-13-4/h2,7H,1H2. The predicted molar refractivity (Wildman–Crippen MR) is 38.7 cm³/mol. The maximum atomic E-state index is 12.9. The minimum Gasteiger partial charge on any atom is -0.254 e. The van der Waals surface area contributed by atoms with Crippen molar-refractivity contribution in [3.8, 4) is 0 Å². The van der Waals surface area contributed by atoms with Gasteiger partial charge in [-0.3, -0.25) is 4.98 Å². The second-order valence-corrected chi connectivity index (χ2v) is 2.48. The molecule has 72 valence electrons. The van der Waals surface area contributed by atoms with E-state index in [4.69, 9.17) is 11.6 Å². The van der Waals surface area contributed by atoms with Crippen LogP contribution in [0.4, 0.5) is 17.6 Å². The van der Waals surface area contributed by atoms with Crippen LogP contribution in [-0.2, 0) is 5.88 Å². The fraction of sp³-hybridized carbons (Fsp3) is 0.286. The molecule has 0 saturated carbocycles. The molecule has 1 aromatic heterocycles. The van der Waals surface area contributed by atoms with Crippen LogP contribution < -0.4 is 0 Å². The van der Waals surface area contributed by atoms with Crippen molar-refractivity contribution in [1.82, 2.24) is 4.98 Å². The summed E-state index contributed by atoms with van der Waals surface area (Å²) in [6, 6.07) is 0. The third-order valence-electron chi connectivity index (χ3n) is 1.43. The lowest BCUT2D eigenvalue weighted by atomic mass is 10.2. The van der Waals surface area contributed by atoms with Crippen molar-refractivity contribution in [3.63, 3.8) is 0 Å². The van der Waals surface area contributed by atoms with Crippen molar-refractivity contribution in [1.29, 1.82) is 0 Å². The highest BCUT2D eigenvalue weighted by atomic mass is 35.5. The summed E-state index contributed by atoms with van der Waals surface area (Å²) in [7, 11) is 0. The van der Waals surface area contributed by atoms with Crippen LogP contribution in [0.1, 0.15) is 17.7 Å². The maximum absolute atomic E-state index is 12.9. The summed E-state index contributed by atoms with van der Waals surface area (Å²) in [5.41, 5.74) is -1.65. The Balaban J connectivity index is 3.30. The van der Waals surface area contributed by atoms with E-state index in [1.165, 1.54) is 0 Å². The molecule has 0 aromatic carbocycles. The quantitative estimate of drug-likeness (QED) is 0.544. The molecule has 1 heterocycles. The minimum atomic E-state index is -3.20. The van der Waals surface area contributed by atoms with Crippen molar-refractivity contribution in [2.45, 2.75) is 12.3 Å². The van der Waals surface area contributed by atoms with Gasteiger partial charge in [0.05, 0.1) is 23.3 Å². The summed E-state index contributed by atoms with van der Waals surface area (Å²) in [6.45, 7) is 0. The Morgan fingerprint density at radius 1 is 1.38 bits per heavy atom. The van der Waals surface area contributed by atoms with Gasteiger partial charge in [0, 0.05) is 0 Å². The molecule has 0 spiro atoms. The average Bonchev–Trinajstić information content (AvgIpc) is 2.04. The molecule has 0 aliphatic carbocycles. The Labute approximate surface area is 76.3 Å². The lowest BCUT2D eigenvalue weighted by Crippen LogP contribution is -2.02. The van der Waals surface area contributed by atoms with Gasteiger partial charge in [-0.15, -0.1) is 11.6 Å². The Bertz CT molecular complexity index is 316. The van der Waals surface area contributed by atoms with Crippen molar-refractivity contribution in [2.24, 2.45) is 0 Å². The highest BCUT2D eigenvalue weighted by molar-refractivity contribution is 6.16. The van der Waals surface area contributed by atoms with E-state index in [0.29, 0.717) is 6.20 Å². The molecular formula is C7H4ClF4N. The van der Waals surface area contributed by atoms with Gasteiger partial charge in [0.15, 0.2) is 11.6 Å². The molecule has 0 amide bonds. The fourth-order valence-electron chi connectivity index (χ4n) is 0.814. The first kappa shape index (κ1) is 10.2. The molecule has 1 rings (SSSR count). The van der Waals surface area contributed by atoms with E-state index in [-0.39, 0.29) is 11.6 Å². The Kier molecular flexibility index (Phi) is 3.08. The number of hydrogen-bond acceptors (Lipinski definition) is 1. The summed E-state index contributed by atoms with van der Waals surface area (Å²) in [5.74, 6) is -3.10. The summed E-state index contributed by atoms with van der Waals surface area (Å²) in [6.07, 6.45) is -2.67. The van der Waals surface area contributed by atoms with E-state index in [1.54, 1.807) is 0 Å². The lowest BCUT2D eigenvalue weighted by molar-refractivity contribution is 0.140. The van der Waals surface area contributed by atoms with Crippen molar-refractivity contribution >= 4 is 11.6 Å². The van der Waals surface area contributed by atoms with E-state index < -0.39 is 23.6 Å². The van der Waals surface area contributed by atoms with Gasteiger partial charge in [-0.25, -0.2) is 17.6 Å². The summed E-state index contributed by atoms with van der Waals surface area (Å²) < 4.78 is 49.6. The topological polar surface area (TPSA) is 12.9 Å². The van der Waals surface area contributed by atoms with Gasteiger partial charge < -0.3 is 0 Å². The van der Waals surface area contributed by atoms with E-state index >= 15 is 0 Å². The number of nitrogens with zero attached hydrogens (tertiary/aromatic N) is 1. The van der Waals surface area contributed by atoms with Gasteiger partial charge in [-0.05, 0) is 0 Å². The Morgan fingerprint density at radius 2 is 2.00 bits per heavy atom. The second-order valence-electron chi connectivity index (χ2n) is 2.21. The van der Waals surface area contributed by atoms with Gasteiger partial charge in [-0.2, -0.15) is 0 Å². The molecular weight excluding hydrogens is 210 g/mol. The first-order valence-corrected chi connectivity index (χ1v) is 3.78. The molecule has 0 fully saturated rings. The smallest absolute Gasteiger partial charge is 0.254 e.